The molecule has 3 nitrogen and oxygen atoms in total. The lowest BCUT2D eigenvalue weighted by molar-refractivity contribution is 0.102. The fourth-order valence-electron chi connectivity index (χ4n) is 1.47. The number of anilines is 2. The van der Waals surface area contributed by atoms with Crippen molar-refractivity contribution in [3.8, 4) is 0 Å². The smallest absolute Gasteiger partial charge is 0.188 e. The molecular weight excluding hydrogens is 327 g/mol. The lowest BCUT2D eigenvalue weighted by Gasteiger charge is -2.03. The highest BCUT2D eigenvalue weighted by Crippen LogP contribution is 2.29. The van der Waals surface area contributed by atoms with Crippen molar-refractivity contribution in [1.29, 1.82) is 0 Å². The van der Waals surface area contributed by atoms with Gasteiger partial charge in [-0.3, -0.25) is 4.79 Å². The van der Waals surface area contributed by atoms with Gasteiger partial charge in [-0.1, -0.05) is 34.5 Å². The number of carbonyl (C=O) groups excluding carboxylic acids is 1. The molecule has 0 aliphatic carbocycles. The van der Waals surface area contributed by atoms with Crippen LogP contribution in [0, 0.1) is 6.92 Å². The summed E-state index contributed by atoms with van der Waals surface area (Å²) < 4.78 is 0. The van der Waals surface area contributed by atoms with E-state index in [0.717, 1.165) is 11.4 Å². The Hall–Kier alpha value is -0.810. The maximum Gasteiger partial charge on any atom is 0.188 e. The highest BCUT2D eigenvalue weighted by atomic mass is 35.5. The third kappa shape index (κ3) is 3.83. The number of benzene rings is 1. The minimum Gasteiger partial charge on any atom is -0.331 e. The molecule has 0 fully saturated rings. The van der Waals surface area contributed by atoms with Crippen LogP contribution in [-0.4, -0.2) is 10.8 Å². The summed E-state index contributed by atoms with van der Waals surface area (Å²) in [6.07, 6.45) is 0. The van der Waals surface area contributed by atoms with E-state index < -0.39 is 0 Å². The Kier molecular flexibility index (Phi) is 5.62. The summed E-state index contributed by atoms with van der Waals surface area (Å²) in [7, 11) is 0. The Bertz CT molecular complexity index is 613. The number of nitrogens with one attached hydrogen (secondary N) is 1. The van der Waals surface area contributed by atoms with Gasteiger partial charge in [0.05, 0.1) is 20.6 Å². The lowest BCUT2D eigenvalue weighted by Crippen LogP contribution is -1.90. The van der Waals surface area contributed by atoms with Crippen LogP contribution in [0.2, 0.25) is 10.0 Å². The van der Waals surface area contributed by atoms with Gasteiger partial charge in [0.25, 0.3) is 0 Å². The molecule has 0 bridgehead atoms. The zero-order chi connectivity index (χ0) is 13.3. The van der Waals surface area contributed by atoms with Crippen LogP contribution in [0.15, 0.2) is 18.2 Å². The van der Waals surface area contributed by atoms with Gasteiger partial charge in [0, 0.05) is 12.6 Å². The molecule has 1 aromatic carbocycles. The van der Waals surface area contributed by atoms with Crippen LogP contribution in [0.25, 0.3) is 0 Å². The van der Waals surface area contributed by atoms with E-state index in [-0.39, 0.29) is 18.2 Å². The molecule has 19 heavy (non-hydrogen) atoms. The summed E-state index contributed by atoms with van der Waals surface area (Å²) in [6, 6.07) is 5.23. The van der Waals surface area contributed by atoms with Crippen molar-refractivity contribution in [3.05, 3.63) is 38.8 Å². The van der Waals surface area contributed by atoms with E-state index in [4.69, 9.17) is 23.2 Å². The third-order valence-corrected chi connectivity index (χ3v) is 4.20. The van der Waals surface area contributed by atoms with Crippen molar-refractivity contribution in [2.45, 2.75) is 13.8 Å². The van der Waals surface area contributed by atoms with Crippen molar-refractivity contribution in [3.63, 3.8) is 0 Å². The van der Waals surface area contributed by atoms with Gasteiger partial charge >= 0.3 is 0 Å². The van der Waals surface area contributed by atoms with Crippen LogP contribution < -0.4 is 5.32 Å². The number of halogens is 3. The molecule has 102 valence electrons. The highest BCUT2D eigenvalue weighted by Gasteiger charge is 2.11. The first-order chi connectivity index (χ1) is 8.47. The molecule has 1 heterocycles. The van der Waals surface area contributed by atoms with Crippen LogP contribution in [-0.2, 0) is 0 Å². The first-order valence-corrected chi connectivity index (χ1v) is 6.75. The number of aromatic nitrogens is 1. The molecule has 0 aliphatic heterocycles. The zero-order valence-corrected chi connectivity index (χ0v) is 13.3. The summed E-state index contributed by atoms with van der Waals surface area (Å²) in [5, 5.41) is 4.74. The third-order valence-electron chi connectivity index (χ3n) is 2.29. The summed E-state index contributed by atoms with van der Waals surface area (Å²) in [6.45, 7) is 3.34. The fraction of sp³-hybridized carbons (Fsp3) is 0.167. The van der Waals surface area contributed by atoms with Gasteiger partial charge in [-0.25, -0.2) is 4.98 Å². The van der Waals surface area contributed by atoms with Crippen molar-refractivity contribution in [2.75, 3.05) is 5.32 Å². The number of rotatable bonds is 3. The van der Waals surface area contributed by atoms with Crippen molar-refractivity contribution >= 4 is 63.5 Å². The maximum atomic E-state index is 11.3. The number of thiazole rings is 1. The zero-order valence-electron chi connectivity index (χ0n) is 10.2. The first kappa shape index (κ1) is 16.2. The van der Waals surface area contributed by atoms with E-state index in [2.05, 4.69) is 10.3 Å². The van der Waals surface area contributed by atoms with Gasteiger partial charge in [-0.2, -0.15) is 0 Å². The van der Waals surface area contributed by atoms with Gasteiger partial charge in [-0.15, -0.1) is 12.4 Å². The largest absolute Gasteiger partial charge is 0.331 e. The Morgan fingerprint density at radius 1 is 1.32 bits per heavy atom. The Morgan fingerprint density at radius 3 is 2.53 bits per heavy atom. The first-order valence-electron chi connectivity index (χ1n) is 5.18. The average Bonchev–Trinajstić information content (AvgIpc) is 2.65. The molecule has 1 aromatic heterocycles. The van der Waals surface area contributed by atoms with Crippen LogP contribution in [0.3, 0.4) is 0 Å². The number of carbonyl (C=O) groups is 1. The second-order valence-corrected chi connectivity index (χ2v) is 5.56. The summed E-state index contributed by atoms with van der Waals surface area (Å²) >= 11 is 13.1. The van der Waals surface area contributed by atoms with E-state index in [1.54, 1.807) is 18.2 Å². The average molecular weight is 338 g/mol. The molecule has 0 unspecified atom stereocenters. The minimum atomic E-state index is 0. The highest BCUT2D eigenvalue weighted by molar-refractivity contribution is 7.17. The molecule has 7 heteroatoms. The fourth-order valence-corrected chi connectivity index (χ4v) is 2.65. The van der Waals surface area contributed by atoms with Crippen molar-refractivity contribution < 1.29 is 4.79 Å². The summed E-state index contributed by atoms with van der Waals surface area (Å²) in [5.41, 5.74) is 1.52. The molecular formula is C12H11Cl3N2OS. The standard InChI is InChI=1S/C12H10Cl2N2OS.ClH/c1-6-11(7(2)17)18-12(15-6)16-8-3-4-9(13)10(14)5-8;/h3-5H,1-2H3,(H,15,16);1H. The van der Waals surface area contributed by atoms with Gasteiger partial charge in [0.15, 0.2) is 10.9 Å². The molecule has 0 aliphatic rings. The van der Waals surface area contributed by atoms with Gasteiger partial charge in [0.2, 0.25) is 0 Å². The molecule has 1 N–H and O–H groups in total. The molecule has 0 spiro atoms. The number of hydrogen-bond donors (Lipinski definition) is 1. The van der Waals surface area contributed by atoms with Crippen molar-refractivity contribution in [2.24, 2.45) is 0 Å². The molecule has 0 atom stereocenters. The number of hydrogen-bond acceptors (Lipinski definition) is 4. The van der Waals surface area contributed by atoms with E-state index >= 15 is 0 Å². The molecule has 0 saturated carbocycles. The van der Waals surface area contributed by atoms with E-state index in [1.165, 1.54) is 18.3 Å². The second-order valence-electron chi connectivity index (χ2n) is 3.74. The number of ketones is 1. The molecule has 2 rings (SSSR count). The monoisotopic (exact) mass is 336 g/mol. The molecule has 0 amide bonds. The molecule has 2 aromatic rings. The van der Waals surface area contributed by atoms with Gasteiger partial charge in [0.1, 0.15) is 0 Å². The SMILES string of the molecule is CC(=O)c1sc(Nc2ccc(Cl)c(Cl)c2)nc1C.Cl. The molecule has 0 radical (unpaired) electrons. The summed E-state index contributed by atoms with van der Waals surface area (Å²) in [4.78, 5) is 16.3. The van der Waals surface area contributed by atoms with Crippen LogP contribution in [0.5, 0.6) is 0 Å². The van der Waals surface area contributed by atoms with Crippen LogP contribution in [0.4, 0.5) is 10.8 Å². The normalized spacial score (nSPS) is 9.89. The quantitative estimate of drug-likeness (QED) is 0.790. The number of Topliss-reactive ketones (excluding diaryl/α,β-unsaturated/α-hetero) is 1. The Labute approximate surface area is 131 Å². The van der Waals surface area contributed by atoms with E-state index in [9.17, 15) is 4.79 Å². The minimum absolute atomic E-state index is 0. The number of aryl methyl sites for hydroxylation is 1. The van der Waals surface area contributed by atoms with E-state index in [1.807, 2.05) is 6.92 Å². The predicted molar refractivity (Wildman–Crippen MR) is 83.8 cm³/mol. The van der Waals surface area contributed by atoms with Crippen molar-refractivity contribution in [1.82, 2.24) is 4.98 Å². The summed E-state index contributed by atoms with van der Waals surface area (Å²) in [5.74, 6) is 0.0205. The molecule has 0 saturated heterocycles. The lowest BCUT2D eigenvalue weighted by atomic mass is 10.3. The van der Waals surface area contributed by atoms with E-state index in [0.29, 0.717) is 20.1 Å². The Balaban J connectivity index is 0.00000180. The van der Waals surface area contributed by atoms with Gasteiger partial charge in [-0.05, 0) is 25.1 Å². The predicted octanol–water partition coefficient (Wildman–Crippen LogP) is 5.13. The van der Waals surface area contributed by atoms with Crippen LogP contribution >= 0.6 is 46.9 Å². The Morgan fingerprint density at radius 2 is 2.00 bits per heavy atom. The topological polar surface area (TPSA) is 42.0 Å². The van der Waals surface area contributed by atoms with Gasteiger partial charge < -0.3 is 5.32 Å². The number of nitrogens with zero attached hydrogens (tertiary/aromatic N) is 1. The van der Waals surface area contributed by atoms with Crippen LogP contribution in [0.1, 0.15) is 22.3 Å². The second kappa shape index (κ2) is 6.57. The maximum absolute atomic E-state index is 11.3.